The number of furan rings is 1. The third-order valence-corrected chi connectivity index (χ3v) is 14.0. The van der Waals surface area contributed by atoms with E-state index in [1.165, 1.54) is 33.0 Å². The number of imidazole rings is 1. The molecule has 4 heterocycles. The van der Waals surface area contributed by atoms with Gasteiger partial charge in [0.15, 0.2) is 5.65 Å². The van der Waals surface area contributed by atoms with Crippen LogP contribution in [0.15, 0.2) is 144 Å². The fourth-order valence-electron chi connectivity index (χ4n) is 8.88. The number of hydrogen-bond donors (Lipinski definition) is 0. The number of fused-ring (bicyclic) bond motifs is 6. The minimum Gasteiger partial charge on any atom is -0.501 e. The predicted octanol–water partition coefficient (Wildman–Crippen LogP) is 14.5. The largest absolute Gasteiger partial charge is 0.501 e. The first kappa shape index (κ1) is 45.5. The Hall–Kier alpha value is -6.05. The van der Waals surface area contributed by atoms with E-state index in [1.54, 1.807) is 0 Å². The second-order valence-electron chi connectivity index (χ2n) is 18.9. The maximum atomic E-state index is 6.52. The number of pyridine rings is 1. The zero-order chi connectivity index (χ0) is 44.7. The summed E-state index contributed by atoms with van der Waals surface area (Å²) in [7, 11) is -1.34. The molecule has 4 aromatic heterocycles. The zero-order valence-corrected chi connectivity index (χ0v) is 42.1. The Labute approximate surface area is 397 Å². The molecular formula is C57H55IrN5OSi-2. The molecule has 0 atom stereocenters. The summed E-state index contributed by atoms with van der Waals surface area (Å²) in [6, 6.07) is 52.7. The van der Waals surface area contributed by atoms with Crippen LogP contribution in [-0.4, -0.2) is 32.8 Å². The molecule has 0 unspecified atom stereocenters. The summed E-state index contributed by atoms with van der Waals surface area (Å²) in [5, 5.41) is 14.1. The van der Waals surface area contributed by atoms with Gasteiger partial charge >= 0.3 is 0 Å². The van der Waals surface area contributed by atoms with E-state index >= 15 is 0 Å². The number of rotatable bonds is 9. The maximum Gasteiger partial charge on any atom is 0.178 e. The van der Waals surface area contributed by atoms with Crippen LogP contribution in [0.5, 0.6) is 0 Å². The third kappa shape index (κ3) is 9.00. The van der Waals surface area contributed by atoms with Crippen LogP contribution in [0.1, 0.15) is 70.1 Å². The number of nitrogens with zero attached hydrogens (tertiary/aromatic N) is 5. The second-order valence-corrected chi connectivity index (χ2v) is 23.9. The first-order chi connectivity index (χ1) is 30.9. The van der Waals surface area contributed by atoms with Gasteiger partial charge in [-0.05, 0) is 81.6 Å². The van der Waals surface area contributed by atoms with E-state index < -0.39 is 8.07 Å². The van der Waals surface area contributed by atoms with Crippen LogP contribution in [0.3, 0.4) is 0 Å². The number of hydrogen-bond acceptors (Lipinski definition) is 5. The van der Waals surface area contributed by atoms with Crippen LogP contribution in [0.25, 0.3) is 83.5 Å². The normalized spacial score (nSPS) is 11.8. The van der Waals surface area contributed by atoms with Crippen LogP contribution in [-0.2, 0) is 26.5 Å². The molecule has 0 aliphatic heterocycles. The van der Waals surface area contributed by atoms with Gasteiger partial charge in [-0.2, -0.15) is 0 Å². The smallest absolute Gasteiger partial charge is 0.178 e. The zero-order valence-electron chi connectivity index (χ0n) is 38.7. The van der Waals surface area contributed by atoms with Crippen molar-refractivity contribution in [1.29, 1.82) is 0 Å². The summed E-state index contributed by atoms with van der Waals surface area (Å²) in [6.45, 7) is 20.7. The van der Waals surface area contributed by atoms with Gasteiger partial charge in [-0.3, -0.25) is 4.98 Å². The Morgan fingerprint density at radius 1 is 0.662 bits per heavy atom. The molecule has 0 amide bonds. The summed E-state index contributed by atoms with van der Waals surface area (Å²) in [5.74, 6) is 1.87. The monoisotopic (exact) mass is 1050 g/mol. The second kappa shape index (κ2) is 18.8. The van der Waals surface area contributed by atoms with Crippen LogP contribution < -0.4 is 5.19 Å². The molecule has 0 fully saturated rings. The quantitative estimate of drug-likeness (QED) is 0.106. The fourth-order valence-corrected chi connectivity index (χ4v) is 10.5. The van der Waals surface area contributed by atoms with Gasteiger partial charge in [0, 0.05) is 42.8 Å². The Balaban J connectivity index is 0.000000232. The molecular weight excluding hydrogens is 991 g/mol. The van der Waals surface area contributed by atoms with Crippen LogP contribution in [0, 0.1) is 18.1 Å². The van der Waals surface area contributed by atoms with Crippen LogP contribution >= 0.6 is 0 Å². The molecule has 0 bridgehead atoms. The van der Waals surface area contributed by atoms with E-state index in [9.17, 15) is 0 Å². The molecule has 0 spiro atoms. The van der Waals surface area contributed by atoms with Gasteiger partial charge in [0.2, 0.25) is 0 Å². The molecule has 329 valence electrons. The minimum atomic E-state index is -1.34. The van der Waals surface area contributed by atoms with Crippen molar-refractivity contribution >= 4 is 57.3 Å². The van der Waals surface area contributed by atoms with Crippen molar-refractivity contribution < 1.29 is 24.5 Å². The number of aromatic nitrogens is 5. The van der Waals surface area contributed by atoms with Crippen molar-refractivity contribution in [2.45, 2.75) is 79.4 Å². The standard InChI is InChI=1S/C39H31N4O.C18H24NSi.Ir/c1-23(2)31-21-26(25-13-6-5-7-14-25)22-32(24(3)4)36(31)43-38(40-35-29-16-8-10-19-33(29)41-42-39(35)43)30-18-12-17-28-27-15-9-11-20-34(27)44-37(28)30;1-14(2)11-16-12-17(15-9-7-6-8-10-15)19-13-18(16)20(3,4)5;/h5-17,19-24H,1-4H3;6-9,12-14H,11H2,1-5H3;/q2*-1;. The fraction of sp³-hybridized carbons (Fsp3) is 0.228. The van der Waals surface area contributed by atoms with Crippen LogP contribution in [0.4, 0.5) is 0 Å². The Morgan fingerprint density at radius 2 is 1.34 bits per heavy atom. The molecule has 10 aromatic rings. The average Bonchev–Trinajstić information content (AvgIpc) is 3.88. The maximum absolute atomic E-state index is 6.52. The van der Waals surface area contributed by atoms with Gasteiger partial charge in [0.05, 0.1) is 25.0 Å². The molecule has 0 aliphatic carbocycles. The summed E-state index contributed by atoms with van der Waals surface area (Å²) < 4.78 is 8.74. The van der Waals surface area contributed by atoms with Gasteiger partial charge in [-0.1, -0.05) is 150 Å². The van der Waals surface area contributed by atoms with Crippen LogP contribution in [0.2, 0.25) is 19.6 Å². The molecule has 6 nitrogen and oxygen atoms in total. The number of benzene rings is 6. The van der Waals surface area contributed by atoms with Crippen molar-refractivity contribution in [2.75, 3.05) is 0 Å². The van der Waals surface area contributed by atoms with Gasteiger partial charge in [-0.15, -0.1) is 64.3 Å². The minimum absolute atomic E-state index is 0. The van der Waals surface area contributed by atoms with Gasteiger partial charge < -0.3 is 14.0 Å². The molecule has 1 radical (unpaired) electrons. The molecule has 0 saturated carbocycles. The molecule has 8 heteroatoms. The predicted molar refractivity (Wildman–Crippen MR) is 269 cm³/mol. The Bertz CT molecular complexity index is 3250. The molecule has 0 N–H and O–H groups in total. The van der Waals surface area contributed by atoms with Crippen molar-refractivity contribution in [3.8, 4) is 39.5 Å². The summed E-state index contributed by atoms with van der Waals surface area (Å²) in [4.78, 5) is 10.0. The first-order valence-electron chi connectivity index (χ1n) is 22.5. The Morgan fingerprint density at radius 3 is 2.02 bits per heavy atom. The van der Waals surface area contributed by atoms with Crippen molar-refractivity contribution in [3.63, 3.8) is 0 Å². The van der Waals surface area contributed by atoms with E-state index in [1.807, 2.05) is 60.7 Å². The molecule has 6 aromatic carbocycles. The van der Waals surface area contributed by atoms with E-state index in [0.29, 0.717) is 5.92 Å². The first-order valence-corrected chi connectivity index (χ1v) is 26.0. The topological polar surface area (TPSA) is 69.6 Å². The van der Waals surface area contributed by atoms with E-state index in [2.05, 4.69) is 167 Å². The third-order valence-electron chi connectivity index (χ3n) is 12.0. The summed E-state index contributed by atoms with van der Waals surface area (Å²) in [5.41, 5.74) is 14.3. The SMILES string of the molecule is CC(C)Cc1cc(-c2[c-]cccc2)ncc1[Si](C)(C)C.CC(C)c1cc(-c2ccccc2)cc(C(C)C)c1-n1c(-c2[c-]ccc3c2oc2ccccc23)nc2c3ccccc3nnc21.[Ir]. The average molecular weight is 1050 g/mol. The van der Waals surface area contributed by atoms with E-state index in [4.69, 9.17) is 14.5 Å². The van der Waals surface area contributed by atoms with E-state index in [0.717, 1.165) is 78.8 Å². The van der Waals surface area contributed by atoms with Gasteiger partial charge in [-0.25, -0.2) is 0 Å². The molecule has 0 saturated heterocycles. The molecule has 10 rings (SSSR count). The van der Waals surface area contributed by atoms with E-state index in [-0.39, 0.29) is 31.9 Å². The molecule has 0 aliphatic rings. The summed E-state index contributed by atoms with van der Waals surface area (Å²) in [6.07, 6.45) is 3.24. The van der Waals surface area contributed by atoms with Crippen molar-refractivity contribution in [2.24, 2.45) is 5.92 Å². The Kier molecular flexibility index (Phi) is 13.2. The van der Waals surface area contributed by atoms with Crippen molar-refractivity contribution in [3.05, 3.63) is 168 Å². The number of para-hydroxylation sites is 1. The van der Waals surface area contributed by atoms with Gasteiger partial charge in [0.25, 0.3) is 0 Å². The molecule has 65 heavy (non-hydrogen) atoms. The summed E-state index contributed by atoms with van der Waals surface area (Å²) >= 11 is 0. The van der Waals surface area contributed by atoms with Crippen molar-refractivity contribution in [1.82, 2.24) is 24.7 Å². The van der Waals surface area contributed by atoms with Gasteiger partial charge in [0.1, 0.15) is 11.1 Å².